The number of nitrogens with one attached hydrogen (secondary N) is 1. The van der Waals surface area contributed by atoms with E-state index in [-0.39, 0.29) is 12.6 Å². The second-order valence-corrected chi connectivity index (χ2v) is 4.77. The smallest absolute Gasteiger partial charge is 0.0585 e. The summed E-state index contributed by atoms with van der Waals surface area (Å²) in [4.78, 5) is 2.37. The molecular weight excluding hydrogens is 204 g/mol. The van der Waals surface area contributed by atoms with Crippen LogP contribution in [0.1, 0.15) is 19.3 Å². The number of hydrogen-bond donors (Lipinski definition) is 2. The lowest BCUT2D eigenvalue weighted by Gasteiger charge is -2.27. The molecule has 0 amide bonds. The third-order valence-electron chi connectivity index (χ3n) is 3.40. The van der Waals surface area contributed by atoms with Crippen LogP contribution in [0.4, 0.5) is 0 Å². The average molecular weight is 230 g/mol. The van der Waals surface area contributed by atoms with Crippen LogP contribution in [0.5, 0.6) is 0 Å². The van der Waals surface area contributed by atoms with E-state index in [0.29, 0.717) is 0 Å². The van der Waals surface area contributed by atoms with Gasteiger partial charge in [0.15, 0.2) is 0 Å². The average Bonchev–Trinajstić information content (AvgIpc) is 2.31. The van der Waals surface area contributed by atoms with Gasteiger partial charge in [0.2, 0.25) is 0 Å². The van der Waals surface area contributed by atoms with E-state index in [1.807, 2.05) is 7.05 Å². The predicted octanol–water partition coefficient (Wildman–Crippen LogP) is 0.315. The quantitative estimate of drug-likeness (QED) is 0.661. The molecule has 1 saturated heterocycles. The van der Waals surface area contributed by atoms with Crippen molar-refractivity contribution in [3.05, 3.63) is 0 Å². The van der Waals surface area contributed by atoms with Crippen LogP contribution in [-0.2, 0) is 4.74 Å². The van der Waals surface area contributed by atoms with Gasteiger partial charge in [-0.25, -0.2) is 0 Å². The summed E-state index contributed by atoms with van der Waals surface area (Å²) >= 11 is 0. The van der Waals surface area contributed by atoms with Gasteiger partial charge in [0.25, 0.3) is 0 Å². The molecule has 0 aliphatic carbocycles. The summed E-state index contributed by atoms with van der Waals surface area (Å²) in [5.74, 6) is 0.793. The van der Waals surface area contributed by atoms with Crippen molar-refractivity contribution >= 4 is 0 Å². The highest BCUT2D eigenvalue weighted by atomic mass is 16.5. The fourth-order valence-corrected chi connectivity index (χ4v) is 2.16. The first-order valence-electron chi connectivity index (χ1n) is 6.30. The molecule has 0 spiro atoms. The number of likely N-dealkylation sites (N-methyl/N-ethyl adjacent to an activating group) is 1. The van der Waals surface area contributed by atoms with Crippen LogP contribution in [0.2, 0.25) is 0 Å². The maximum Gasteiger partial charge on any atom is 0.0585 e. The van der Waals surface area contributed by atoms with E-state index < -0.39 is 0 Å². The molecular formula is C12H26N2O2. The molecule has 0 aromatic rings. The molecule has 0 bridgehead atoms. The van der Waals surface area contributed by atoms with Crippen LogP contribution in [0.15, 0.2) is 0 Å². The molecule has 1 aliphatic rings. The van der Waals surface area contributed by atoms with Crippen molar-refractivity contribution in [2.75, 3.05) is 47.0 Å². The third-order valence-corrected chi connectivity index (χ3v) is 3.40. The molecule has 1 rings (SSSR count). The maximum absolute atomic E-state index is 9.06. The van der Waals surface area contributed by atoms with Gasteiger partial charge in [-0.15, -0.1) is 0 Å². The van der Waals surface area contributed by atoms with Gasteiger partial charge in [0.1, 0.15) is 0 Å². The molecule has 4 nitrogen and oxygen atoms in total. The summed E-state index contributed by atoms with van der Waals surface area (Å²) < 4.78 is 5.35. The van der Waals surface area contributed by atoms with E-state index in [0.717, 1.165) is 38.6 Å². The lowest BCUT2D eigenvalue weighted by atomic mass is 10.00. The van der Waals surface area contributed by atoms with Gasteiger partial charge >= 0.3 is 0 Å². The zero-order valence-electron chi connectivity index (χ0n) is 10.6. The van der Waals surface area contributed by atoms with Crippen molar-refractivity contribution < 1.29 is 9.84 Å². The van der Waals surface area contributed by atoms with E-state index in [1.165, 1.54) is 12.8 Å². The van der Waals surface area contributed by atoms with Crippen molar-refractivity contribution in [2.24, 2.45) is 5.92 Å². The van der Waals surface area contributed by atoms with Gasteiger partial charge < -0.3 is 20.1 Å². The van der Waals surface area contributed by atoms with Crippen molar-refractivity contribution in [2.45, 2.75) is 25.3 Å². The second-order valence-electron chi connectivity index (χ2n) is 4.77. The Bertz CT molecular complexity index is 168. The molecule has 1 heterocycles. The molecule has 1 unspecified atom stereocenters. The van der Waals surface area contributed by atoms with Crippen LogP contribution in [0.3, 0.4) is 0 Å². The standard InChI is InChI=1S/C12H26N2O2/c1-13-12(10-15)3-6-14(2)9-11-4-7-16-8-5-11/h11-13,15H,3-10H2,1-2H3. The zero-order valence-corrected chi connectivity index (χ0v) is 10.6. The molecule has 1 fully saturated rings. The third kappa shape index (κ3) is 5.25. The van der Waals surface area contributed by atoms with Crippen LogP contribution >= 0.6 is 0 Å². The highest BCUT2D eigenvalue weighted by Crippen LogP contribution is 2.15. The SMILES string of the molecule is CNC(CO)CCN(C)CC1CCOCC1. The van der Waals surface area contributed by atoms with E-state index in [1.54, 1.807) is 0 Å². The van der Waals surface area contributed by atoms with Crippen molar-refractivity contribution in [3.8, 4) is 0 Å². The van der Waals surface area contributed by atoms with E-state index in [2.05, 4.69) is 17.3 Å². The highest BCUT2D eigenvalue weighted by molar-refractivity contribution is 4.69. The fourth-order valence-electron chi connectivity index (χ4n) is 2.16. The Labute approximate surface area is 99.0 Å². The van der Waals surface area contributed by atoms with Crippen molar-refractivity contribution in [3.63, 3.8) is 0 Å². The molecule has 96 valence electrons. The number of aliphatic hydroxyl groups is 1. The minimum absolute atomic E-state index is 0.224. The Balaban J connectivity index is 2.11. The monoisotopic (exact) mass is 230 g/mol. The van der Waals surface area contributed by atoms with Crippen LogP contribution in [-0.4, -0.2) is 63.1 Å². The van der Waals surface area contributed by atoms with Gasteiger partial charge in [-0.05, 0) is 45.8 Å². The van der Waals surface area contributed by atoms with Crippen LogP contribution < -0.4 is 5.32 Å². The molecule has 0 aromatic heterocycles. The Morgan fingerprint density at radius 2 is 2.12 bits per heavy atom. The largest absolute Gasteiger partial charge is 0.395 e. The van der Waals surface area contributed by atoms with Crippen molar-refractivity contribution in [1.29, 1.82) is 0 Å². The molecule has 1 aliphatic heterocycles. The van der Waals surface area contributed by atoms with E-state index >= 15 is 0 Å². The molecule has 4 heteroatoms. The van der Waals surface area contributed by atoms with Crippen molar-refractivity contribution in [1.82, 2.24) is 10.2 Å². The molecule has 0 saturated carbocycles. The van der Waals surface area contributed by atoms with Crippen LogP contribution in [0, 0.1) is 5.92 Å². The Hall–Kier alpha value is -0.160. The lowest BCUT2D eigenvalue weighted by Crippen LogP contribution is -2.36. The topological polar surface area (TPSA) is 44.7 Å². The molecule has 0 aromatic carbocycles. The zero-order chi connectivity index (χ0) is 11.8. The number of rotatable bonds is 7. The van der Waals surface area contributed by atoms with Gasteiger partial charge in [-0.2, -0.15) is 0 Å². The Kier molecular flexibility index (Phi) is 6.96. The van der Waals surface area contributed by atoms with Gasteiger partial charge in [0, 0.05) is 25.8 Å². The first-order chi connectivity index (χ1) is 7.76. The lowest BCUT2D eigenvalue weighted by molar-refractivity contribution is 0.0551. The maximum atomic E-state index is 9.06. The Morgan fingerprint density at radius 3 is 2.69 bits per heavy atom. The van der Waals surface area contributed by atoms with Crippen LogP contribution in [0.25, 0.3) is 0 Å². The minimum Gasteiger partial charge on any atom is -0.395 e. The Morgan fingerprint density at radius 1 is 1.44 bits per heavy atom. The molecule has 2 N–H and O–H groups in total. The summed E-state index contributed by atoms with van der Waals surface area (Å²) in [5.41, 5.74) is 0. The van der Waals surface area contributed by atoms with Gasteiger partial charge in [-0.1, -0.05) is 0 Å². The second kappa shape index (κ2) is 8.01. The van der Waals surface area contributed by atoms with Gasteiger partial charge in [-0.3, -0.25) is 0 Å². The number of aliphatic hydroxyl groups excluding tert-OH is 1. The molecule has 0 radical (unpaired) electrons. The number of ether oxygens (including phenoxy) is 1. The fraction of sp³-hybridized carbons (Fsp3) is 1.00. The summed E-state index contributed by atoms with van der Waals surface area (Å²) in [6, 6.07) is 0.233. The molecule has 16 heavy (non-hydrogen) atoms. The predicted molar refractivity (Wildman–Crippen MR) is 65.6 cm³/mol. The molecule has 1 atom stereocenters. The first kappa shape index (κ1) is 13.9. The summed E-state index contributed by atoms with van der Waals surface area (Å²) in [6.45, 7) is 4.28. The first-order valence-corrected chi connectivity index (χ1v) is 6.30. The normalized spacial score (nSPS) is 20.2. The van der Waals surface area contributed by atoms with E-state index in [4.69, 9.17) is 9.84 Å². The minimum atomic E-state index is 0.224. The summed E-state index contributed by atoms with van der Waals surface area (Å²) in [7, 11) is 4.07. The van der Waals surface area contributed by atoms with E-state index in [9.17, 15) is 0 Å². The summed E-state index contributed by atoms with van der Waals surface area (Å²) in [5, 5.41) is 12.2. The van der Waals surface area contributed by atoms with Gasteiger partial charge in [0.05, 0.1) is 6.61 Å². The number of nitrogens with zero attached hydrogens (tertiary/aromatic N) is 1. The number of hydrogen-bond acceptors (Lipinski definition) is 4. The summed E-state index contributed by atoms with van der Waals surface area (Å²) in [6.07, 6.45) is 3.40. The highest BCUT2D eigenvalue weighted by Gasteiger charge is 2.16.